The van der Waals surface area contributed by atoms with E-state index < -0.39 is 0 Å². The van der Waals surface area contributed by atoms with Crippen LogP contribution in [-0.4, -0.2) is 12.0 Å². The maximum absolute atomic E-state index is 5.42. The molecule has 1 aliphatic carbocycles. The molecule has 0 aliphatic heterocycles. The lowest BCUT2D eigenvalue weighted by Gasteiger charge is -2.31. The van der Waals surface area contributed by atoms with E-state index >= 15 is 0 Å². The van der Waals surface area contributed by atoms with Gasteiger partial charge in [-0.3, -0.25) is 4.99 Å². The highest BCUT2D eigenvalue weighted by molar-refractivity contribution is 5.75. The maximum Gasteiger partial charge on any atom is 0.186 e. The molecule has 15 heavy (non-hydrogen) atoms. The van der Waals surface area contributed by atoms with Crippen molar-refractivity contribution in [3.05, 3.63) is 0 Å². The second-order valence-corrected chi connectivity index (χ2v) is 6.01. The molecule has 0 spiro atoms. The smallest absolute Gasteiger partial charge is 0.186 e. The molecule has 0 bridgehead atoms. The van der Waals surface area contributed by atoms with Crippen LogP contribution in [-0.2, 0) is 0 Å². The Bertz CT molecular complexity index is 224. The van der Waals surface area contributed by atoms with E-state index in [4.69, 9.17) is 11.5 Å². The largest absolute Gasteiger partial charge is 0.370 e. The van der Waals surface area contributed by atoms with Gasteiger partial charge in [-0.15, -0.1) is 0 Å². The zero-order valence-corrected chi connectivity index (χ0v) is 10.3. The highest BCUT2D eigenvalue weighted by Crippen LogP contribution is 2.35. The first-order valence-electron chi connectivity index (χ1n) is 5.95. The van der Waals surface area contributed by atoms with Crippen LogP contribution in [0.15, 0.2) is 4.99 Å². The number of nitrogens with two attached hydrogens (primary N) is 2. The van der Waals surface area contributed by atoms with Crippen molar-refractivity contribution >= 4 is 5.96 Å². The minimum absolute atomic E-state index is 0.247. The van der Waals surface area contributed by atoms with Gasteiger partial charge in [-0.2, -0.15) is 0 Å². The van der Waals surface area contributed by atoms with Crippen LogP contribution in [0.2, 0.25) is 0 Å². The van der Waals surface area contributed by atoms with Gasteiger partial charge in [-0.05, 0) is 30.6 Å². The molecule has 1 fully saturated rings. The third kappa shape index (κ3) is 5.05. The van der Waals surface area contributed by atoms with Gasteiger partial charge in [0.15, 0.2) is 5.96 Å². The number of aliphatic imine (C=N–C) groups is 1. The quantitative estimate of drug-likeness (QED) is 0.543. The minimum atomic E-state index is 0.247. The molecule has 1 aliphatic rings. The van der Waals surface area contributed by atoms with Crippen molar-refractivity contribution < 1.29 is 0 Å². The molecule has 3 nitrogen and oxygen atoms in total. The number of guanidine groups is 1. The van der Waals surface area contributed by atoms with Crippen LogP contribution in [0.5, 0.6) is 0 Å². The molecule has 1 rings (SSSR count). The van der Waals surface area contributed by atoms with Crippen molar-refractivity contribution in [2.45, 2.75) is 58.9 Å². The lowest BCUT2D eigenvalue weighted by atomic mass is 9.76. The fourth-order valence-electron chi connectivity index (χ4n) is 2.64. The van der Waals surface area contributed by atoms with Crippen LogP contribution in [0, 0.1) is 11.3 Å². The second kappa shape index (κ2) is 4.86. The van der Waals surface area contributed by atoms with Crippen LogP contribution < -0.4 is 11.5 Å². The average molecular weight is 211 g/mol. The number of hydrogen-bond acceptors (Lipinski definition) is 1. The first-order valence-corrected chi connectivity index (χ1v) is 5.95. The van der Waals surface area contributed by atoms with Crippen LogP contribution in [0.1, 0.15) is 52.9 Å². The van der Waals surface area contributed by atoms with Crippen molar-refractivity contribution in [3.63, 3.8) is 0 Å². The Kier molecular flexibility index (Phi) is 4.00. The van der Waals surface area contributed by atoms with Gasteiger partial charge in [-0.1, -0.05) is 33.6 Å². The van der Waals surface area contributed by atoms with Crippen LogP contribution >= 0.6 is 0 Å². The SMILES string of the molecule is CC(C)(C)CC1CCCC(N=C(N)N)C1. The number of nitrogens with zero attached hydrogens (tertiary/aromatic N) is 1. The Balaban J connectivity index is 2.46. The summed E-state index contributed by atoms with van der Waals surface area (Å²) < 4.78 is 0. The molecule has 88 valence electrons. The normalized spacial score (nSPS) is 27.4. The summed E-state index contributed by atoms with van der Waals surface area (Å²) in [5, 5.41) is 0. The molecule has 0 amide bonds. The zero-order valence-electron chi connectivity index (χ0n) is 10.3. The van der Waals surface area contributed by atoms with Gasteiger partial charge in [0, 0.05) is 0 Å². The number of hydrogen-bond donors (Lipinski definition) is 2. The Morgan fingerprint density at radius 3 is 2.47 bits per heavy atom. The molecule has 2 atom stereocenters. The van der Waals surface area contributed by atoms with Crippen molar-refractivity contribution in [1.82, 2.24) is 0 Å². The maximum atomic E-state index is 5.42. The molecule has 0 aromatic carbocycles. The van der Waals surface area contributed by atoms with E-state index in [9.17, 15) is 0 Å². The average Bonchev–Trinajstić information content (AvgIpc) is 1.99. The second-order valence-electron chi connectivity index (χ2n) is 6.01. The minimum Gasteiger partial charge on any atom is -0.370 e. The highest BCUT2D eigenvalue weighted by atomic mass is 15.0. The van der Waals surface area contributed by atoms with E-state index in [-0.39, 0.29) is 5.96 Å². The fraction of sp³-hybridized carbons (Fsp3) is 0.917. The summed E-state index contributed by atoms with van der Waals surface area (Å²) in [7, 11) is 0. The van der Waals surface area contributed by atoms with E-state index in [2.05, 4.69) is 25.8 Å². The van der Waals surface area contributed by atoms with Crippen LogP contribution in [0.3, 0.4) is 0 Å². The van der Waals surface area contributed by atoms with Crippen molar-refractivity contribution in [1.29, 1.82) is 0 Å². The summed E-state index contributed by atoms with van der Waals surface area (Å²) in [6, 6.07) is 0.371. The fourth-order valence-corrected chi connectivity index (χ4v) is 2.64. The van der Waals surface area contributed by atoms with Gasteiger partial charge in [0.2, 0.25) is 0 Å². The molecule has 0 heterocycles. The molecule has 0 aromatic heterocycles. The van der Waals surface area contributed by atoms with E-state index in [0.717, 1.165) is 18.8 Å². The molecule has 0 aromatic rings. The summed E-state index contributed by atoms with van der Waals surface area (Å²) in [6.45, 7) is 6.91. The van der Waals surface area contributed by atoms with Gasteiger partial charge in [0.25, 0.3) is 0 Å². The van der Waals surface area contributed by atoms with Gasteiger partial charge in [0.1, 0.15) is 0 Å². The molecule has 3 heteroatoms. The molecule has 0 radical (unpaired) electrons. The molecule has 0 saturated heterocycles. The third-order valence-electron chi connectivity index (χ3n) is 2.99. The van der Waals surface area contributed by atoms with E-state index in [1.807, 2.05) is 0 Å². The summed E-state index contributed by atoms with van der Waals surface area (Å²) in [5.74, 6) is 1.04. The zero-order chi connectivity index (χ0) is 11.5. The lowest BCUT2D eigenvalue weighted by Crippen LogP contribution is -2.29. The molecular weight excluding hydrogens is 186 g/mol. The Hall–Kier alpha value is -0.730. The van der Waals surface area contributed by atoms with Gasteiger partial charge >= 0.3 is 0 Å². The van der Waals surface area contributed by atoms with E-state index in [0.29, 0.717) is 11.5 Å². The molecule has 2 unspecified atom stereocenters. The molecule has 4 N–H and O–H groups in total. The Morgan fingerprint density at radius 1 is 1.27 bits per heavy atom. The Labute approximate surface area is 93.3 Å². The van der Waals surface area contributed by atoms with Crippen molar-refractivity contribution in [3.8, 4) is 0 Å². The first kappa shape index (κ1) is 12.3. The van der Waals surface area contributed by atoms with Crippen LogP contribution in [0.25, 0.3) is 0 Å². The third-order valence-corrected chi connectivity index (χ3v) is 2.99. The lowest BCUT2D eigenvalue weighted by molar-refractivity contribution is 0.226. The summed E-state index contributed by atoms with van der Waals surface area (Å²) in [6.07, 6.45) is 6.20. The molecule has 1 saturated carbocycles. The van der Waals surface area contributed by atoms with Crippen molar-refractivity contribution in [2.24, 2.45) is 27.8 Å². The topological polar surface area (TPSA) is 64.4 Å². The van der Waals surface area contributed by atoms with Crippen molar-refractivity contribution in [2.75, 3.05) is 0 Å². The first-order chi connectivity index (χ1) is 6.87. The standard InChI is InChI=1S/C12H25N3/c1-12(2,3)8-9-5-4-6-10(7-9)15-11(13)14/h9-10H,4-8H2,1-3H3,(H4,13,14,15). The Morgan fingerprint density at radius 2 is 1.93 bits per heavy atom. The van der Waals surface area contributed by atoms with Gasteiger partial charge < -0.3 is 11.5 Å². The summed E-state index contributed by atoms with van der Waals surface area (Å²) >= 11 is 0. The van der Waals surface area contributed by atoms with Gasteiger partial charge in [-0.25, -0.2) is 0 Å². The van der Waals surface area contributed by atoms with E-state index in [1.165, 1.54) is 19.3 Å². The predicted octanol–water partition coefficient (Wildman–Crippen LogP) is 2.25. The summed E-state index contributed by atoms with van der Waals surface area (Å²) in [5.41, 5.74) is 11.3. The highest BCUT2D eigenvalue weighted by Gasteiger charge is 2.25. The predicted molar refractivity (Wildman–Crippen MR) is 65.6 cm³/mol. The monoisotopic (exact) mass is 211 g/mol. The van der Waals surface area contributed by atoms with E-state index in [1.54, 1.807) is 0 Å². The number of rotatable bonds is 2. The molecular formula is C12H25N3. The van der Waals surface area contributed by atoms with Crippen LogP contribution in [0.4, 0.5) is 0 Å². The summed E-state index contributed by atoms with van der Waals surface area (Å²) in [4.78, 5) is 4.29. The van der Waals surface area contributed by atoms with Gasteiger partial charge in [0.05, 0.1) is 6.04 Å².